The maximum absolute atomic E-state index is 13.9. The molecule has 2 unspecified atom stereocenters. The third kappa shape index (κ3) is 2.41. The molecule has 2 bridgehead atoms. The molecule has 3 rings (SSSR count). The van der Waals surface area contributed by atoms with Crippen LogP contribution < -0.4 is 5.73 Å². The number of morpholine rings is 1. The van der Waals surface area contributed by atoms with E-state index in [0.717, 1.165) is 37.1 Å². The van der Waals surface area contributed by atoms with Crippen LogP contribution in [0.3, 0.4) is 0 Å². The fourth-order valence-electron chi connectivity index (χ4n) is 2.92. The summed E-state index contributed by atoms with van der Waals surface area (Å²) in [4.78, 5) is 2.30. The molecule has 3 nitrogen and oxygen atoms in total. The van der Waals surface area contributed by atoms with Crippen LogP contribution in [-0.2, 0) is 17.8 Å². The number of rotatable bonds is 3. The number of likely N-dealkylation sites (tertiary alicyclic amines) is 1. The van der Waals surface area contributed by atoms with E-state index in [4.69, 9.17) is 10.5 Å². The molecule has 0 spiro atoms. The van der Waals surface area contributed by atoms with E-state index in [1.165, 1.54) is 0 Å². The molecule has 2 N–H and O–H groups in total. The highest BCUT2D eigenvalue weighted by Gasteiger charge is 2.33. The molecule has 1 aromatic carbocycles. The lowest BCUT2D eigenvalue weighted by molar-refractivity contribution is -0.0413. The summed E-state index contributed by atoms with van der Waals surface area (Å²) in [6.45, 7) is 2.91. The van der Waals surface area contributed by atoms with E-state index in [9.17, 15) is 4.39 Å². The summed E-state index contributed by atoms with van der Waals surface area (Å²) < 4.78 is 19.7. The molecule has 0 aliphatic carbocycles. The van der Waals surface area contributed by atoms with E-state index in [1.807, 2.05) is 12.1 Å². The first-order valence-corrected chi connectivity index (χ1v) is 6.60. The lowest BCUT2D eigenvalue weighted by Crippen LogP contribution is -2.42. The average molecular weight is 250 g/mol. The van der Waals surface area contributed by atoms with Crippen LogP contribution in [0.4, 0.5) is 4.39 Å². The van der Waals surface area contributed by atoms with Crippen LogP contribution >= 0.6 is 0 Å². The topological polar surface area (TPSA) is 38.5 Å². The van der Waals surface area contributed by atoms with E-state index in [-0.39, 0.29) is 5.82 Å². The molecule has 0 radical (unpaired) electrons. The number of nitrogens with zero attached hydrogens (tertiary/aromatic N) is 1. The molecule has 2 aliphatic heterocycles. The van der Waals surface area contributed by atoms with Gasteiger partial charge in [-0.05, 0) is 24.5 Å². The summed E-state index contributed by atoms with van der Waals surface area (Å²) in [5, 5.41) is 0. The SMILES string of the molecule is NCc1ccc(CN2CC3CCC(C2)O3)c(F)c1. The highest BCUT2D eigenvalue weighted by Crippen LogP contribution is 2.27. The average Bonchev–Trinajstić information content (AvgIpc) is 2.71. The predicted molar refractivity (Wildman–Crippen MR) is 67.5 cm³/mol. The Labute approximate surface area is 107 Å². The number of benzene rings is 1. The molecule has 98 valence electrons. The summed E-state index contributed by atoms with van der Waals surface area (Å²) in [5.41, 5.74) is 7.11. The third-order valence-corrected chi connectivity index (χ3v) is 3.87. The highest BCUT2D eigenvalue weighted by molar-refractivity contribution is 5.24. The molecule has 0 saturated carbocycles. The van der Waals surface area contributed by atoms with Gasteiger partial charge < -0.3 is 10.5 Å². The van der Waals surface area contributed by atoms with Gasteiger partial charge in [0.15, 0.2) is 0 Å². The molecule has 2 atom stereocenters. The Bertz CT molecular complexity index is 426. The van der Waals surface area contributed by atoms with Gasteiger partial charge in [0.2, 0.25) is 0 Å². The van der Waals surface area contributed by atoms with Gasteiger partial charge in [-0.25, -0.2) is 4.39 Å². The van der Waals surface area contributed by atoms with Crippen molar-refractivity contribution in [3.05, 3.63) is 35.1 Å². The number of halogens is 1. The lowest BCUT2D eigenvalue weighted by atomic mass is 10.1. The first-order chi connectivity index (χ1) is 8.74. The van der Waals surface area contributed by atoms with Crippen LogP contribution in [-0.4, -0.2) is 30.2 Å². The fraction of sp³-hybridized carbons (Fsp3) is 0.571. The zero-order chi connectivity index (χ0) is 12.5. The van der Waals surface area contributed by atoms with Gasteiger partial charge in [-0.2, -0.15) is 0 Å². The second-order valence-corrected chi connectivity index (χ2v) is 5.28. The summed E-state index contributed by atoms with van der Waals surface area (Å²) >= 11 is 0. The lowest BCUT2D eigenvalue weighted by Gasteiger charge is -2.32. The van der Waals surface area contributed by atoms with Crippen molar-refractivity contribution in [1.29, 1.82) is 0 Å². The Kier molecular flexibility index (Phi) is 3.33. The van der Waals surface area contributed by atoms with E-state index >= 15 is 0 Å². The fourth-order valence-corrected chi connectivity index (χ4v) is 2.92. The third-order valence-electron chi connectivity index (χ3n) is 3.87. The zero-order valence-electron chi connectivity index (χ0n) is 10.4. The van der Waals surface area contributed by atoms with Crippen molar-refractivity contribution in [2.45, 2.75) is 38.1 Å². The van der Waals surface area contributed by atoms with E-state index in [1.54, 1.807) is 6.07 Å². The Morgan fingerprint density at radius 3 is 2.61 bits per heavy atom. The summed E-state index contributed by atoms with van der Waals surface area (Å²) in [6.07, 6.45) is 3.01. The van der Waals surface area contributed by atoms with Crippen molar-refractivity contribution < 1.29 is 9.13 Å². The molecule has 2 aliphatic rings. The predicted octanol–water partition coefficient (Wildman–Crippen LogP) is 1.65. The number of nitrogens with two attached hydrogens (primary N) is 1. The second-order valence-electron chi connectivity index (χ2n) is 5.28. The summed E-state index contributed by atoms with van der Waals surface area (Å²) in [7, 11) is 0. The van der Waals surface area contributed by atoms with Gasteiger partial charge in [-0.1, -0.05) is 12.1 Å². The largest absolute Gasteiger partial charge is 0.372 e. The van der Waals surface area contributed by atoms with Crippen LogP contribution in [0.25, 0.3) is 0 Å². The van der Waals surface area contributed by atoms with E-state index in [0.29, 0.717) is 25.3 Å². The van der Waals surface area contributed by atoms with Gasteiger partial charge in [0.25, 0.3) is 0 Å². The smallest absolute Gasteiger partial charge is 0.128 e. The van der Waals surface area contributed by atoms with Crippen LogP contribution in [0.2, 0.25) is 0 Å². The molecule has 2 heterocycles. The highest BCUT2D eigenvalue weighted by atomic mass is 19.1. The summed E-state index contributed by atoms with van der Waals surface area (Å²) in [6, 6.07) is 5.31. The van der Waals surface area contributed by atoms with Gasteiger partial charge in [0.1, 0.15) is 5.82 Å². The molecule has 2 saturated heterocycles. The number of hydrogen-bond donors (Lipinski definition) is 1. The minimum Gasteiger partial charge on any atom is -0.372 e. The van der Waals surface area contributed by atoms with Gasteiger partial charge in [-0.3, -0.25) is 4.90 Å². The van der Waals surface area contributed by atoms with E-state index in [2.05, 4.69) is 4.90 Å². The Morgan fingerprint density at radius 1 is 1.28 bits per heavy atom. The molecule has 4 heteroatoms. The zero-order valence-corrected chi connectivity index (χ0v) is 10.4. The maximum Gasteiger partial charge on any atom is 0.128 e. The standard InChI is InChI=1S/C14H19FN2O/c15-14-5-10(6-16)1-2-11(14)7-17-8-12-3-4-13(9-17)18-12/h1-2,5,12-13H,3-4,6-9,16H2. The monoisotopic (exact) mass is 250 g/mol. The molecular formula is C14H19FN2O. The van der Waals surface area contributed by atoms with Crippen molar-refractivity contribution in [3.8, 4) is 0 Å². The second kappa shape index (κ2) is 4.96. The van der Waals surface area contributed by atoms with Crippen molar-refractivity contribution in [3.63, 3.8) is 0 Å². The maximum atomic E-state index is 13.9. The molecule has 2 fully saturated rings. The Hall–Kier alpha value is -0.970. The molecular weight excluding hydrogens is 231 g/mol. The Morgan fingerprint density at radius 2 is 2.00 bits per heavy atom. The molecule has 0 aromatic heterocycles. The van der Waals surface area contributed by atoms with Crippen LogP contribution in [0.15, 0.2) is 18.2 Å². The first-order valence-electron chi connectivity index (χ1n) is 6.60. The normalized spacial score (nSPS) is 27.7. The van der Waals surface area contributed by atoms with Crippen LogP contribution in [0, 0.1) is 5.82 Å². The first kappa shape index (κ1) is 12.1. The molecule has 0 amide bonds. The molecule has 1 aromatic rings. The molecule has 18 heavy (non-hydrogen) atoms. The van der Waals surface area contributed by atoms with Crippen molar-refractivity contribution in [2.24, 2.45) is 5.73 Å². The van der Waals surface area contributed by atoms with Crippen molar-refractivity contribution in [2.75, 3.05) is 13.1 Å². The Balaban J connectivity index is 1.69. The van der Waals surface area contributed by atoms with Gasteiger partial charge >= 0.3 is 0 Å². The van der Waals surface area contributed by atoms with Gasteiger partial charge in [-0.15, -0.1) is 0 Å². The minimum absolute atomic E-state index is 0.142. The number of hydrogen-bond acceptors (Lipinski definition) is 3. The van der Waals surface area contributed by atoms with Crippen molar-refractivity contribution in [1.82, 2.24) is 4.90 Å². The van der Waals surface area contributed by atoms with Gasteiger partial charge in [0.05, 0.1) is 12.2 Å². The summed E-state index contributed by atoms with van der Waals surface area (Å²) in [5.74, 6) is -0.142. The van der Waals surface area contributed by atoms with E-state index < -0.39 is 0 Å². The van der Waals surface area contributed by atoms with Crippen molar-refractivity contribution >= 4 is 0 Å². The van der Waals surface area contributed by atoms with Gasteiger partial charge in [0, 0.05) is 31.7 Å². The number of ether oxygens (including phenoxy) is 1. The number of fused-ring (bicyclic) bond motifs is 2. The minimum atomic E-state index is -0.142. The van der Waals surface area contributed by atoms with Crippen LogP contribution in [0.1, 0.15) is 24.0 Å². The van der Waals surface area contributed by atoms with Crippen LogP contribution in [0.5, 0.6) is 0 Å². The quantitative estimate of drug-likeness (QED) is 0.886.